The molecule has 0 bridgehead atoms. The molecular formula is C26H27N5O4. The maximum absolute atomic E-state index is 12.2. The number of hydrogen-bond donors (Lipinski definition) is 6. The zero-order valence-electron chi connectivity index (χ0n) is 19.1. The van der Waals surface area contributed by atoms with Gasteiger partial charge in [0.1, 0.15) is 6.04 Å². The zero-order valence-corrected chi connectivity index (χ0v) is 19.1. The lowest BCUT2D eigenvalue weighted by molar-refractivity contribution is -0.130. The van der Waals surface area contributed by atoms with Gasteiger partial charge in [0.2, 0.25) is 5.91 Å². The Labute approximate surface area is 203 Å². The summed E-state index contributed by atoms with van der Waals surface area (Å²) in [5.74, 6) is 10.0. The van der Waals surface area contributed by atoms with Crippen LogP contribution in [0.5, 0.6) is 0 Å². The molecule has 35 heavy (non-hydrogen) atoms. The van der Waals surface area contributed by atoms with Gasteiger partial charge in [-0.2, -0.15) is 0 Å². The number of anilines is 1. The Balaban J connectivity index is 1.49. The van der Waals surface area contributed by atoms with Crippen LogP contribution < -0.4 is 27.2 Å². The van der Waals surface area contributed by atoms with Crippen LogP contribution in [-0.2, 0) is 9.59 Å². The lowest BCUT2D eigenvalue weighted by Crippen LogP contribution is -2.50. The summed E-state index contributed by atoms with van der Waals surface area (Å²) in [5, 5.41) is 17.2. The molecule has 0 saturated heterocycles. The number of nitrogens with two attached hydrogens (primary N) is 1. The Morgan fingerprint density at radius 3 is 2.09 bits per heavy atom. The van der Waals surface area contributed by atoms with E-state index < -0.39 is 17.9 Å². The molecule has 9 heteroatoms. The molecule has 0 heterocycles. The van der Waals surface area contributed by atoms with Gasteiger partial charge in [-0.3, -0.25) is 19.6 Å². The molecule has 3 rings (SSSR count). The van der Waals surface area contributed by atoms with Crippen LogP contribution in [0.2, 0.25) is 0 Å². The Bertz CT molecular complexity index is 1170. The van der Waals surface area contributed by atoms with E-state index in [9.17, 15) is 14.4 Å². The average molecular weight is 474 g/mol. The summed E-state index contributed by atoms with van der Waals surface area (Å²) in [4.78, 5) is 35.6. The third-order valence-electron chi connectivity index (χ3n) is 5.42. The van der Waals surface area contributed by atoms with E-state index in [0.717, 1.165) is 18.4 Å². The van der Waals surface area contributed by atoms with E-state index in [1.54, 1.807) is 36.4 Å². The minimum atomic E-state index is -1.04. The minimum absolute atomic E-state index is 0.0695. The van der Waals surface area contributed by atoms with E-state index in [0.29, 0.717) is 29.4 Å². The summed E-state index contributed by atoms with van der Waals surface area (Å²) in [6, 6.07) is 13.1. The zero-order chi connectivity index (χ0) is 25.0. The number of benzene rings is 2. The van der Waals surface area contributed by atoms with E-state index in [1.165, 1.54) is 11.9 Å². The fourth-order valence-corrected chi connectivity index (χ4v) is 3.15. The SMILES string of the molecule is NC[C@H](NC(=O)c1ccc(C#CC#Cc2ccc(NC(=O)CNC3CCC3)cc2)cc1)C(=O)NO. The van der Waals surface area contributed by atoms with Crippen LogP contribution in [0, 0.1) is 23.7 Å². The first-order valence-electron chi connectivity index (χ1n) is 11.2. The number of amides is 3. The second kappa shape index (κ2) is 12.9. The molecule has 3 amide bonds. The Morgan fingerprint density at radius 1 is 0.971 bits per heavy atom. The van der Waals surface area contributed by atoms with Crippen LogP contribution in [0.1, 0.15) is 40.7 Å². The largest absolute Gasteiger partial charge is 0.339 e. The van der Waals surface area contributed by atoms with Crippen molar-refractivity contribution in [2.45, 2.75) is 31.3 Å². The van der Waals surface area contributed by atoms with E-state index in [1.807, 2.05) is 12.1 Å². The van der Waals surface area contributed by atoms with E-state index >= 15 is 0 Å². The van der Waals surface area contributed by atoms with Gasteiger partial charge < -0.3 is 21.7 Å². The van der Waals surface area contributed by atoms with Gasteiger partial charge in [-0.15, -0.1) is 0 Å². The van der Waals surface area contributed by atoms with Crippen molar-refractivity contribution in [2.24, 2.45) is 5.73 Å². The first-order valence-corrected chi connectivity index (χ1v) is 11.2. The fraction of sp³-hybridized carbons (Fsp3) is 0.269. The fourth-order valence-electron chi connectivity index (χ4n) is 3.15. The Morgan fingerprint density at radius 2 is 1.57 bits per heavy atom. The average Bonchev–Trinajstić information content (AvgIpc) is 2.85. The molecule has 1 atom stereocenters. The quantitative estimate of drug-likeness (QED) is 0.189. The molecule has 1 fully saturated rings. The standard InChI is InChI=1S/C26H27N5O4/c27-16-23(26(34)31-35)30-25(33)20-12-8-18(9-13-20)4-1-2-5-19-10-14-22(15-11-19)29-24(32)17-28-21-6-3-7-21/h8-15,21,23,28,35H,3,6-7,16-17,27H2,(H,29,32)(H,30,33)(H,31,34)/t23-/m0/s1. The molecule has 0 unspecified atom stereocenters. The van der Waals surface area contributed by atoms with Crippen molar-refractivity contribution >= 4 is 23.4 Å². The summed E-state index contributed by atoms with van der Waals surface area (Å²) in [7, 11) is 0. The summed E-state index contributed by atoms with van der Waals surface area (Å²) in [6.45, 7) is 0.151. The Kier molecular flexibility index (Phi) is 9.40. The van der Waals surface area contributed by atoms with Crippen molar-refractivity contribution < 1.29 is 19.6 Å². The molecule has 7 N–H and O–H groups in total. The molecule has 180 valence electrons. The van der Waals surface area contributed by atoms with Gasteiger partial charge in [-0.25, -0.2) is 5.48 Å². The van der Waals surface area contributed by atoms with Crippen molar-refractivity contribution in [3.05, 3.63) is 65.2 Å². The maximum Gasteiger partial charge on any atom is 0.267 e. The highest BCUT2D eigenvalue weighted by Gasteiger charge is 2.19. The van der Waals surface area contributed by atoms with Crippen LogP contribution in [-0.4, -0.2) is 48.1 Å². The third kappa shape index (κ3) is 7.98. The van der Waals surface area contributed by atoms with Crippen LogP contribution in [0.15, 0.2) is 48.5 Å². The molecule has 1 aliphatic rings. The van der Waals surface area contributed by atoms with Crippen LogP contribution in [0.25, 0.3) is 0 Å². The number of rotatable bonds is 8. The highest BCUT2D eigenvalue weighted by molar-refractivity contribution is 5.97. The van der Waals surface area contributed by atoms with Crippen LogP contribution in [0.4, 0.5) is 5.69 Å². The lowest BCUT2D eigenvalue weighted by Gasteiger charge is -2.26. The molecule has 2 aromatic rings. The van der Waals surface area contributed by atoms with E-state index in [-0.39, 0.29) is 12.5 Å². The second-order valence-electron chi connectivity index (χ2n) is 7.95. The molecular weight excluding hydrogens is 446 g/mol. The lowest BCUT2D eigenvalue weighted by atomic mass is 9.93. The highest BCUT2D eigenvalue weighted by atomic mass is 16.5. The van der Waals surface area contributed by atoms with Crippen molar-refractivity contribution in [1.82, 2.24) is 16.1 Å². The number of carbonyl (C=O) groups is 3. The highest BCUT2D eigenvalue weighted by Crippen LogP contribution is 2.17. The number of hydroxylamine groups is 1. The topological polar surface area (TPSA) is 146 Å². The van der Waals surface area contributed by atoms with Crippen molar-refractivity contribution in [3.8, 4) is 23.7 Å². The van der Waals surface area contributed by atoms with Gasteiger partial charge in [0.15, 0.2) is 0 Å². The monoisotopic (exact) mass is 473 g/mol. The molecule has 0 radical (unpaired) electrons. The first-order chi connectivity index (χ1) is 17.0. The first kappa shape index (κ1) is 25.5. The molecule has 0 spiro atoms. The predicted molar refractivity (Wildman–Crippen MR) is 131 cm³/mol. The molecule has 0 aromatic heterocycles. The third-order valence-corrected chi connectivity index (χ3v) is 5.42. The van der Waals surface area contributed by atoms with Gasteiger partial charge in [0.25, 0.3) is 11.8 Å². The second-order valence-corrected chi connectivity index (χ2v) is 7.95. The summed E-state index contributed by atoms with van der Waals surface area (Å²) >= 11 is 0. The molecule has 0 aliphatic heterocycles. The molecule has 1 aliphatic carbocycles. The van der Waals surface area contributed by atoms with Gasteiger partial charge in [-0.1, -0.05) is 18.3 Å². The summed E-state index contributed by atoms with van der Waals surface area (Å²) in [5.41, 5.74) is 9.33. The molecule has 2 aromatic carbocycles. The number of hydrogen-bond acceptors (Lipinski definition) is 6. The maximum atomic E-state index is 12.2. The minimum Gasteiger partial charge on any atom is -0.339 e. The van der Waals surface area contributed by atoms with Crippen molar-refractivity contribution in [1.29, 1.82) is 0 Å². The van der Waals surface area contributed by atoms with Gasteiger partial charge in [-0.05, 0) is 73.2 Å². The van der Waals surface area contributed by atoms with Crippen molar-refractivity contribution in [2.75, 3.05) is 18.4 Å². The molecule has 1 saturated carbocycles. The van der Waals surface area contributed by atoms with Gasteiger partial charge in [0.05, 0.1) is 6.54 Å². The summed E-state index contributed by atoms with van der Waals surface area (Å²) < 4.78 is 0. The molecule has 9 nitrogen and oxygen atoms in total. The van der Waals surface area contributed by atoms with E-state index in [2.05, 4.69) is 39.6 Å². The number of nitrogens with one attached hydrogen (secondary N) is 4. The summed E-state index contributed by atoms with van der Waals surface area (Å²) in [6.07, 6.45) is 3.49. The van der Waals surface area contributed by atoms with Crippen molar-refractivity contribution in [3.63, 3.8) is 0 Å². The van der Waals surface area contributed by atoms with Gasteiger partial charge >= 0.3 is 0 Å². The van der Waals surface area contributed by atoms with Gasteiger partial charge in [0, 0.05) is 35.0 Å². The van der Waals surface area contributed by atoms with Crippen LogP contribution in [0.3, 0.4) is 0 Å². The Hall–Kier alpha value is -4.15. The van der Waals surface area contributed by atoms with Crippen LogP contribution >= 0.6 is 0 Å². The number of carbonyl (C=O) groups excluding carboxylic acids is 3. The van der Waals surface area contributed by atoms with E-state index in [4.69, 9.17) is 10.9 Å². The smallest absolute Gasteiger partial charge is 0.267 e. The predicted octanol–water partition coefficient (Wildman–Crippen LogP) is 0.733. The normalized spacial score (nSPS) is 13.1.